The SMILES string of the molecule is CCCC(C)(N)C(=O)Nc1ccc(Sc2nncn2C)c(Cl)c1. The summed E-state index contributed by atoms with van der Waals surface area (Å²) in [6, 6.07) is 5.34. The van der Waals surface area contributed by atoms with Crippen molar-refractivity contribution in [1.82, 2.24) is 14.8 Å². The van der Waals surface area contributed by atoms with Gasteiger partial charge in [-0.3, -0.25) is 4.79 Å². The lowest BCUT2D eigenvalue weighted by Gasteiger charge is -2.23. The Morgan fingerprint density at radius 3 is 2.83 bits per heavy atom. The second-order valence-corrected chi connectivity index (χ2v) is 7.01. The van der Waals surface area contributed by atoms with Gasteiger partial charge in [-0.1, -0.05) is 24.9 Å². The molecule has 1 aromatic carbocycles. The number of rotatable bonds is 6. The fraction of sp³-hybridized carbons (Fsp3) is 0.400. The van der Waals surface area contributed by atoms with Crippen LogP contribution in [0.1, 0.15) is 26.7 Å². The number of anilines is 1. The van der Waals surface area contributed by atoms with E-state index < -0.39 is 5.54 Å². The molecule has 0 aliphatic rings. The van der Waals surface area contributed by atoms with Crippen molar-refractivity contribution in [2.24, 2.45) is 12.8 Å². The zero-order chi connectivity index (χ0) is 17.0. The Morgan fingerprint density at radius 2 is 2.26 bits per heavy atom. The van der Waals surface area contributed by atoms with Gasteiger partial charge in [0.1, 0.15) is 6.33 Å². The van der Waals surface area contributed by atoms with E-state index in [4.69, 9.17) is 17.3 Å². The quantitative estimate of drug-likeness (QED) is 0.833. The fourth-order valence-electron chi connectivity index (χ4n) is 2.03. The summed E-state index contributed by atoms with van der Waals surface area (Å²) in [7, 11) is 1.86. The molecule has 0 saturated heterocycles. The predicted octanol–water partition coefficient (Wildman–Crippen LogP) is 3.08. The van der Waals surface area contributed by atoms with Crippen molar-refractivity contribution in [2.75, 3.05) is 5.32 Å². The van der Waals surface area contributed by atoms with Gasteiger partial charge in [-0.25, -0.2) is 0 Å². The summed E-state index contributed by atoms with van der Waals surface area (Å²) in [5, 5.41) is 11.9. The summed E-state index contributed by atoms with van der Waals surface area (Å²) in [6.45, 7) is 3.72. The first-order valence-electron chi connectivity index (χ1n) is 7.25. The van der Waals surface area contributed by atoms with Crippen LogP contribution in [0.2, 0.25) is 5.02 Å². The molecule has 0 radical (unpaired) electrons. The van der Waals surface area contributed by atoms with E-state index in [1.807, 2.05) is 20.0 Å². The molecule has 1 heterocycles. The highest BCUT2D eigenvalue weighted by Crippen LogP contribution is 2.33. The van der Waals surface area contributed by atoms with Crippen LogP contribution in [-0.4, -0.2) is 26.2 Å². The standard InChI is InChI=1S/C15H20ClN5OS/c1-4-7-15(2,17)13(22)19-10-5-6-12(11(16)8-10)23-14-20-18-9-21(14)3/h5-6,8-9H,4,7,17H2,1-3H3,(H,19,22). The van der Waals surface area contributed by atoms with Crippen molar-refractivity contribution in [2.45, 2.75) is 42.3 Å². The molecule has 1 unspecified atom stereocenters. The van der Waals surface area contributed by atoms with Crippen LogP contribution in [-0.2, 0) is 11.8 Å². The minimum absolute atomic E-state index is 0.218. The number of halogens is 1. The maximum atomic E-state index is 12.2. The van der Waals surface area contributed by atoms with E-state index in [9.17, 15) is 4.79 Å². The van der Waals surface area contributed by atoms with Crippen LogP contribution in [0.5, 0.6) is 0 Å². The van der Waals surface area contributed by atoms with Gasteiger partial charge in [0, 0.05) is 17.6 Å². The molecule has 0 spiro atoms. The van der Waals surface area contributed by atoms with E-state index in [1.54, 1.807) is 30.0 Å². The largest absolute Gasteiger partial charge is 0.324 e. The van der Waals surface area contributed by atoms with Crippen molar-refractivity contribution in [3.05, 3.63) is 29.5 Å². The molecule has 1 aromatic heterocycles. The molecule has 0 saturated carbocycles. The van der Waals surface area contributed by atoms with Gasteiger partial charge >= 0.3 is 0 Å². The number of nitrogens with zero attached hydrogens (tertiary/aromatic N) is 3. The van der Waals surface area contributed by atoms with Gasteiger partial charge in [0.2, 0.25) is 5.91 Å². The van der Waals surface area contributed by atoms with Crippen molar-refractivity contribution < 1.29 is 4.79 Å². The lowest BCUT2D eigenvalue weighted by molar-refractivity contribution is -0.120. The van der Waals surface area contributed by atoms with E-state index in [1.165, 1.54) is 11.8 Å². The smallest absolute Gasteiger partial charge is 0.244 e. The number of carbonyl (C=O) groups is 1. The zero-order valence-corrected chi connectivity index (χ0v) is 14.9. The molecule has 0 aliphatic heterocycles. The molecule has 0 fully saturated rings. The Kier molecular flexibility index (Phi) is 5.67. The van der Waals surface area contributed by atoms with E-state index in [-0.39, 0.29) is 5.91 Å². The average molecular weight is 354 g/mol. The first kappa shape index (κ1) is 17.8. The Balaban J connectivity index is 2.10. The summed E-state index contributed by atoms with van der Waals surface area (Å²) in [6.07, 6.45) is 3.09. The Morgan fingerprint density at radius 1 is 1.52 bits per heavy atom. The minimum atomic E-state index is -0.896. The first-order chi connectivity index (χ1) is 10.8. The molecular weight excluding hydrogens is 334 g/mol. The predicted molar refractivity (Wildman–Crippen MR) is 92.7 cm³/mol. The molecule has 8 heteroatoms. The third kappa shape index (κ3) is 4.46. The number of nitrogens with two attached hydrogens (primary N) is 1. The molecular formula is C15H20ClN5OS. The average Bonchev–Trinajstić information content (AvgIpc) is 2.87. The third-order valence-electron chi connectivity index (χ3n) is 3.35. The monoisotopic (exact) mass is 353 g/mol. The van der Waals surface area contributed by atoms with E-state index in [0.29, 0.717) is 17.1 Å². The highest BCUT2D eigenvalue weighted by Gasteiger charge is 2.27. The fourth-order valence-corrected chi connectivity index (χ4v) is 3.10. The summed E-state index contributed by atoms with van der Waals surface area (Å²) < 4.78 is 1.81. The summed E-state index contributed by atoms with van der Waals surface area (Å²) in [5.41, 5.74) is 5.75. The highest BCUT2D eigenvalue weighted by molar-refractivity contribution is 7.99. The number of aryl methyl sites for hydroxylation is 1. The van der Waals surface area contributed by atoms with Crippen LogP contribution in [0.4, 0.5) is 5.69 Å². The van der Waals surface area contributed by atoms with Crippen LogP contribution in [0, 0.1) is 0 Å². The normalized spacial score (nSPS) is 13.6. The van der Waals surface area contributed by atoms with Gasteiger partial charge in [0.05, 0.1) is 10.6 Å². The lowest BCUT2D eigenvalue weighted by atomic mass is 9.96. The highest BCUT2D eigenvalue weighted by atomic mass is 35.5. The van der Waals surface area contributed by atoms with Gasteiger partial charge in [-0.15, -0.1) is 10.2 Å². The van der Waals surface area contributed by atoms with Crippen molar-refractivity contribution in [1.29, 1.82) is 0 Å². The molecule has 23 heavy (non-hydrogen) atoms. The molecule has 0 aliphatic carbocycles. The van der Waals surface area contributed by atoms with E-state index in [0.717, 1.165) is 16.5 Å². The Bertz CT molecular complexity index is 701. The number of amides is 1. The summed E-state index contributed by atoms with van der Waals surface area (Å²) in [5.74, 6) is -0.218. The van der Waals surface area contributed by atoms with Crippen LogP contribution in [0.15, 0.2) is 34.6 Å². The first-order valence-corrected chi connectivity index (χ1v) is 8.44. The van der Waals surface area contributed by atoms with Gasteiger partial charge < -0.3 is 15.6 Å². The third-order valence-corrected chi connectivity index (χ3v) is 4.90. The van der Waals surface area contributed by atoms with Crippen molar-refractivity contribution in [3.63, 3.8) is 0 Å². The maximum absolute atomic E-state index is 12.2. The zero-order valence-electron chi connectivity index (χ0n) is 13.3. The number of nitrogens with one attached hydrogen (secondary N) is 1. The van der Waals surface area contributed by atoms with E-state index >= 15 is 0 Å². The van der Waals surface area contributed by atoms with Crippen molar-refractivity contribution in [3.8, 4) is 0 Å². The molecule has 2 aromatic rings. The summed E-state index contributed by atoms with van der Waals surface area (Å²) >= 11 is 7.71. The molecule has 1 atom stereocenters. The van der Waals surface area contributed by atoms with Gasteiger partial charge in [-0.2, -0.15) is 0 Å². The van der Waals surface area contributed by atoms with Crippen LogP contribution < -0.4 is 11.1 Å². The number of benzene rings is 1. The molecule has 1 amide bonds. The molecule has 124 valence electrons. The van der Waals surface area contributed by atoms with Crippen molar-refractivity contribution >= 4 is 35.0 Å². The van der Waals surface area contributed by atoms with Crippen LogP contribution in [0.25, 0.3) is 0 Å². The second-order valence-electron chi connectivity index (χ2n) is 5.59. The number of carbonyl (C=O) groups excluding carboxylic acids is 1. The maximum Gasteiger partial charge on any atom is 0.244 e. The Labute approximate surface area is 144 Å². The second kappa shape index (κ2) is 7.33. The number of hydrogen-bond donors (Lipinski definition) is 2. The van der Waals surface area contributed by atoms with Crippen LogP contribution in [0.3, 0.4) is 0 Å². The number of hydrogen-bond acceptors (Lipinski definition) is 5. The lowest BCUT2D eigenvalue weighted by Crippen LogP contribution is -2.48. The molecule has 3 N–H and O–H groups in total. The number of aromatic nitrogens is 3. The summed E-state index contributed by atoms with van der Waals surface area (Å²) in [4.78, 5) is 13.1. The molecule has 6 nitrogen and oxygen atoms in total. The van der Waals surface area contributed by atoms with Gasteiger partial charge in [0.15, 0.2) is 5.16 Å². The minimum Gasteiger partial charge on any atom is -0.324 e. The topological polar surface area (TPSA) is 85.8 Å². The molecule has 2 rings (SSSR count). The van der Waals surface area contributed by atoms with Gasteiger partial charge in [0.25, 0.3) is 0 Å². The Hall–Kier alpha value is -1.57. The van der Waals surface area contributed by atoms with Gasteiger partial charge in [-0.05, 0) is 43.3 Å². The molecule has 0 bridgehead atoms. The van der Waals surface area contributed by atoms with E-state index in [2.05, 4.69) is 15.5 Å². The van der Waals surface area contributed by atoms with Crippen LogP contribution >= 0.6 is 23.4 Å².